The molecule has 0 fully saturated rings. The first-order valence-corrected chi connectivity index (χ1v) is 7.10. The Morgan fingerprint density at radius 2 is 1.96 bits per heavy atom. The lowest BCUT2D eigenvalue weighted by Gasteiger charge is -2.11. The topological polar surface area (TPSA) is 91.1 Å². The van der Waals surface area contributed by atoms with Crippen molar-refractivity contribution in [2.45, 2.75) is 12.8 Å². The number of rotatable bonds is 3. The van der Waals surface area contributed by atoms with Crippen LogP contribution in [0.3, 0.4) is 0 Å². The molecule has 120 valence electrons. The molecule has 0 unspecified atom stereocenters. The molecule has 2 aromatic heterocycles. The number of H-pyrrole nitrogens is 1. The summed E-state index contributed by atoms with van der Waals surface area (Å²) in [6, 6.07) is 7.80. The van der Waals surface area contributed by atoms with Crippen molar-refractivity contribution >= 4 is 11.6 Å². The monoisotopic (exact) mass is 346 g/mol. The van der Waals surface area contributed by atoms with Crippen LogP contribution in [0.1, 0.15) is 18.3 Å². The normalized spacial score (nSPS) is 11.3. The van der Waals surface area contributed by atoms with Gasteiger partial charge in [-0.05, 0) is 24.3 Å². The molecule has 0 saturated heterocycles. The van der Waals surface area contributed by atoms with Crippen molar-refractivity contribution in [3.8, 4) is 28.7 Å². The highest BCUT2D eigenvalue weighted by molar-refractivity contribution is 6.31. The Morgan fingerprint density at radius 3 is 2.67 bits per heavy atom. The maximum absolute atomic E-state index is 13.5. The summed E-state index contributed by atoms with van der Waals surface area (Å²) < 4.78 is 26.9. The third-order valence-electron chi connectivity index (χ3n) is 3.19. The van der Waals surface area contributed by atoms with Crippen molar-refractivity contribution in [3.63, 3.8) is 0 Å². The first-order valence-electron chi connectivity index (χ1n) is 6.72. The molecule has 0 radical (unpaired) electrons. The quantitative estimate of drug-likeness (QED) is 0.782. The van der Waals surface area contributed by atoms with Gasteiger partial charge >= 0.3 is 0 Å². The number of benzene rings is 1. The molecule has 6 nitrogen and oxygen atoms in total. The van der Waals surface area contributed by atoms with Crippen LogP contribution >= 0.6 is 11.6 Å². The van der Waals surface area contributed by atoms with E-state index in [1.54, 1.807) is 18.2 Å². The Balaban J connectivity index is 2.12. The minimum atomic E-state index is -3.08. The number of alkyl halides is 2. The molecule has 1 N–H and O–H groups in total. The molecule has 2 heterocycles. The number of nitrogens with zero attached hydrogens (tertiary/aromatic N) is 5. The minimum absolute atomic E-state index is 0.0953. The fourth-order valence-electron chi connectivity index (χ4n) is 2.11. The van der Waals surface area contributed by atoms with Crippen LogP contribution < -0.4 is 0 Å². The van der Waals surface area contributed by atoms with E-state index in [-0.39, 0.29) is 11.5 Å². The third kappa shape index (κ3) is 3.07. The summed E-state index contributed by atoms with van der Waals surface area (Å²) >= 11 is 6.10. The van der Waals surface area contributed by atoms with Gasteiger partial charge in [0, 0.05) is 29.3 Å². The largest absolute Gasteiger partial charge is 0.287 e. The first kappa shape index (κ1) is 16.0. The highest BCUT2D eigenvalue weighted by Crippen LogP contribution is 2.30. The Bertz CT molecular complexity index is 942. The average molecular weight is 347 g/mol. The summed E-state index contributed by atoms with van der Waals surface area (Å²) in [5.41, 5.74) is 0.930. The van der Waals surface area contributed by atoms with Crippen molar-refractivity contribution < 1.29 is 8.78 Å². The zero-order chi connectivity index (χ0) is 17.3. The van der Waals surface area contributed by atoms with E-state index in [1.807, 2.05) is 6.07 Å². The molecule has 0 saturated carbocycles. The van der Waals surface area contributed by atoms with Crippen LogP contribution in [-0.4, -0.2) is 25.4 Å². The molecule has 9 heteroatoms. The maximum atomic E-state index is 13.5. The molecule has 0 atom stereocenters. The Labute approximate surface area is 140 Å². The lowest BCUT2D eigenvalue weighted by atomic mass is 10.1. The van der Waals surface area contributed by atoms with Crippen LogP contribution in [-0.2, 0) is 5.92 Å². The summed E-state index contributed by atoms with van der Waals surface area (Å²) in [4.78, 5) is 7.91. The molecule has 0 aliphatic carbocycles. The predicted molar refractivity (Wildman–Crippen MR) is 82.1 cm³/mol. The van der Waals surface area contributed by atoms with E-state index in [9.17, 15) is 8.78 Å². The van der Waals surface area contributed by atoms with Crippen LogP contribution in [0.4, 0.5) is 8.78 Å². The molecule has 0 aliphatic rings. The summed E-state index contributed by atoms with van der Waals surface area (Å²) in [6.07, 6.45) is 1.26. The Kier molecular flexibility index (Phi) is 3.95. The van der Waals surface area contributed by atoms with Crippen LogP contribution in [0.25, 0.3) is 22.6 Å². The zero-order valence-corrected chi connectivity index (χ0v) is 13.0. The summed E-state index contributed by atoms with van der Waals surface area (Å²) in [6.45, 7) is 0.761. The van der Waals surface area contributed by atoms with Gasteiger partial charge in [0.1, 0.15) is 17.5 Å². The summed E-state index contributed by atoms with van der Waals surface area (Å²) in [5.74, 6) is -2.99. The van der Waals surface area contributed by atoms with E-state index in [1.165, 1.54) is 6.20 Å². The number of aromatic nitrogens is 5. The smallest absolute Gasteiger partial charge is 0.237 e. The fraction of sp³-hybridized carbons (Fsp3) is 0.133. The van der Waals surface area contributed by atoms with Gasteiger partial charge in [-0.15, -0.1) is 5.10 Å². The maximum Gasteiger partial charge on any atom is 0.287 e. The summed E-state index contributed by atoms with van der Waals surface area (Å²) in [7, 11) is 0. The lowest BCUT2D eigenvalue weighted by Crippen LogP contribution is -2.10. The molecule has 0 spiro atoms. The van der Waals surface area contributed by atoms with Gasteiger partial charge < -0.3 is 0 Å². The second-order valence-electron chi connectivity index (χ2n) is 5.02. The lowest BCUT2D eigenvalue weighted by molar-refractivity contribution is 0.0127. The van der Waals surface area contributed by atoms with Gasteiger partial charge in [0.25, 0.3) is 5.92 Å². The number of nitriles is 1. The molecule has 0 bridgehead atoms. The van der Waals surface area contributed by atoms with E-state index in [2.05, 4.69) is 25.4 Å². The van der Waals surface area contributed by atoms with Crippen LogP contribution in [0.5, 0.6) is 0 Å². The highest BCUT2D eigenvalue weighted by Gasteiger charge is 2.26. The average Bonchev–Trinajstić information content (AvgIpc) is 3.02. The number of nitrogens with one attached hydrogen (secondary N) is 1. The SMILES string of the molecule is CC(F)(F)c1ccnc(-c2cc(Cl)cc(-c3n[nH]nc3C#N)c2)n1. The van der Waals surface area contributed by atoms with Crippen molar-refractivity contribution in [2.24, 2.45) is 0 Å². The Hall–Kier alpha value is -2.92. The molecule has 3 rings (SSSR count). The van der Waals surface area contributed by atoms with E-state index in [0.717, 1.165) is 13.0 Å². The number of halogens is 3. The van der Waals surface area contributed by atoms with Gasteiger partial charge in [-0.1, -0.05) is 11.6 Å². The molecule has 1 aromatic carbocycles. The molecular weight excluding hydrogens is 338 g/mol. The molecule has 3 aromatic rings. The fourth-order valence-corrected chi connectivity index (χ4v) is 2.34. The van der Waals surface area contributed by atoms with Gasteiger partial charge in [-0.2, -0.15) is 24.4 Å². The van der Waals surface area contributed by atoms with Crippen LogP contribution in [0, 0.1) is 11.3 Å². The number of hydrogen-bond donors (Lipinski definition) is 1. The minimum Gasteiger partial charge on any atom is -0.237 e. The number of hydrogen-bond acceptors (Lipinski definition) is 5. The summed E-state index contributed by atoms with van der Waals surface area (Å²) in [5, 5.41) is 19.4. The molecule has 0 aliphatic heterocycles. The first-order chi connectivity index (χ1) is 11.4. The zero-order valence-electron chi connectivity index (χ0n) is 12.3. The number of aromatic amines is 1. The molecule has 0 amide bonds. The van der Waals surface area contributed by atoms with Gasteiger partial charge in [-0.25, -0.2) is 9.97 Å². The van der Waals surface area contributed by atoms with Gasteiger partial charge in [-0.3, -0.25) is 0 Å². The van der Waals surface area contributed by atoms with E-state index >= 15 is 0 Å². The van der Waals surface area contributed by atoms with Crippen molar-refractivity contribution in [1.29, 1.82) is 5.26 Å². The van der Waals surface area contributed by atoms with E-state index in [4.69, 9.17) is 16.9 Å². The van der Waals surface area contributed by atoms with Gasteiger partial charge in [0.05, 0.1) is 0 Å². The molecular formula is C15H9ClF2N6. The van der Waals surface area contributed by atoms with Gasteiger partial charge in [0.15, 0.2) is 11.5 Å². The second-order valence-corrected chi connectivity index (χ2v) is 5.45. The van der Waals surface area contributed by atoms with Crippen molar-refractivity contribution in [3.05, 3.63) is 46.9 Å². The van der Waals surface area contributed by atoms with Crippen molar-refractivity contribution in [1.82, 2.24) is 25.4 Å². The molecule has 24 heavy (non-hydrogen) atoms. The predicted octanol–water partition coefficient (Wildman–Crippen LogP) is 3.57. The van der Waals surface area contributed by atoms with E-state index in [0.29, 0.717) is 21.8 Å². The van der Waals surface area contributed by atoms with Crippen LogP contribution in [0.15, 0.2) is 30.5 Å². The van der Waals surface area contributed by atoms with E-state index < -0.39 is 11.6 Å². The standard InChI is InChI=1S/C15H9ClF2N6/c1-15(17,18)12-2-3-20-14(21-12)9-4-8(5-10(16)6-9)13-11(7-19)22-24-23-13/h2-6H,1H3,(H,22,23,24). The van der Waals surface area contributed by atoms with Crippen molar-refractivity contribution in [2.75, 3.05) is 0 Å². The van der Waals surface area contributed by atoms with Crippen LogP contribution in [0.2, 0.25) is 5.02 Å². The highest BCUT2D eigenvalue weighted by atomic mass is 35.5. The van der Waals surface area contributed by atoms with Gasteiger partial charge in [0.2, 0.25) is 0 Å². The Morgan fingerprint density at radius 1 is 1.21 bits per heavy atom. The third-order valence-corrected chi connectivity index (χ3v) is 3.41. The second kappa shape index (κ2) is 5.94.